The molecule has 74 heavy (non-hydrogen) atoms. The summed E-state index contributed by atoms with van der Waals surface area (Å²) < 4.78 is 9.66. The molecular formula is C58H76N8O6S2. The van der Waals surface area contributed by atoms with Crippen molar-refractivity contribution in [2.75, 3.05) is 51.3 Å². The van der Waals surface area contributed by atoms with Gasteiger partial charge in [0, 0.05) is 13.1 Å². The van der Waals surface area contributed by atoms with Crippen LogP contribution in [0, 0.1) is 11.8 Å². The zero-order valence-corrected chi connectivity index (χ0v) is 46.1. The lowest BCUT2D eigenvalue weighted by Gasteiger charge is -2.28. The number of carbonyl (C=O) groups excluding carboxylic acids is 4. The minimum absolute atomic E-state index is 0.108. The third kappa shape index (κ3) is 14.0. The van der Waals surface area contributed by atoms with Crippen molar-refractivity contribution >= 4 is 58.7 Å². The van der Waals surface area contributed by atoms with Crippen molar-refractivity contribution in [1.82, 2.24) is 40.4 Å². The van der Waals surface area contributed by atoms with Gasteiger partial charge in [-0.1, -0.05) is 92.3 Å². The number of thioether (sulfide) groups is 2. The van der Waals surface area contributed by atoms with E-state index in [1.165, 1.54) is 47.6 Å². The fourth-order valence-electron chi connectivity index (χ4n) is 10.4. The number of aromatic nitrogens is 4. The Labute approximate surface area is 446 Å². The Morgan fingerprint density at radius 2 is 1.23 bits per heavy atom. The van der Waals surface area contributed by atoms with Gasteiger partial charge in [-0.3, -0.25) is 9.59 Å². The number of hydrogen-bond donors (Lipinski definition) is 4. The van der Waals surface area contributed by atoms with E-state index < -0.39 is 24.3 Å². The highest BCUT2D eigenvalue weighted by molar-refractivity contribution is 7.98. The molecular weight excluding hydrogens is 969 g/mol. The highest BCUT2D eigenvalue weighted by Crippen LogP contribution is 2.37. The van der Waals surface area contributed by atoms with Crippen LogP contribution in [0.15, 0.2) is 96.4 Å². The fraction of sp³-hybridized carbons (Fsp3) is 0.483. The molecule has 396 valence electrons. The Kier molecular flexibility index (Phi) is 20.3. The molecule has 16 heteroatoms. The molecule has 3 aliphatic rings. The van der Waals surface area contributed by atoms with Crippen molar-refractivity contribution in [3.05, 3.63) is 119 Å². The number of rotatable bonds is 16. The van der Waals surface area contributed by atoms with E-state index in [0.29, 0.717) is 37.8 Å². The van der Waals surface area contributed by atoms with Gasteiger partial charge in [0.05, 0.1) is 50.1 Å². The van der Waals surface area contributed by atoms with E-state index in [9.17, 15) is 19.2 Å². The minimum Gasteiger partial charge on any atom is -0.453 e. The van der Waals surface area contributed by atoms with Crippen LogP contribution in [-0.4, -0.2) is 117 Å². The fourth-order valence-corrected chi connectivity index (χ4v) is 11.3. The first kappa shape index (κ1) is 55.7. The number of H-pyrrole nitrogens is 2. The SMILES string of the molecule is C/C=C1\C=C(\c2ccc(-c3cnc([C@@H]4CCCN4C(=O)[C@H](CCSC)NC(=O)OC)[nH]3)cc2)[C@H](C)CC[C@@H](C)/C=C\C(=C(/C)c2ccc(-c3cnc([C@@H]4CCCN4C(=O)[C@H](CCSC)NC(=O)OC)[nH]3)cc2)CC1. The van der Waals surface area contributed by atoms with E-state index >= 15 is 0 Å². The number of carbonyl (C=O) groups is 4. The average Bonchev–Trinajstić information content (AvgIpc) is 4.28. The summed E-state index contributed by atoms with van der Waals surface area (Å²) in [6, 6.07) is 15.7. The normalized spacial score (nSPS) is 22.7. The molecule has 0 radical (unpaired) electrons. The Morgan fingerprint density at radius 1 is 0.730 bits per heavy atom. The quantitative estimate of drug-likeness (QED) is 0.0845. The molecule has 0 bridgehead atoms. The number of aromatic amines is 2. The van der Waals surface area contributed by atoms with Gasteiger partial charge in [-0.2, -0.15) is 23.5 Å². The predicted octanol–water partition coefficient (Wildman–Crippen LogP) is 12.0. The van der Waals surface area contributed by atoms with E-state index in [4.69, 9.17) is 19.4 Å². The van der Waals surface area contributed by atoms with Crippen LogP contribution in [0.25, 0.3) is 33.7 Å². The highest BCUT2D eigenvalue weighted by Gasteiger charge is 2.38. The van der Waals surface area contributed by atoms with E-state index in [0.717, 1.165) is 97.0 Å². The number of alkyl carbamates (subject to hydrolysis) is 2. The molecule has 2 aromatic heterocycles. The van der Waals surface area contributed by atoms with Crippen molar-refractivity contribution in [2.45, 2.75) is 116 Å². The second-order valence-electron chi connectivity index (χ2n) is 19.8. The zero-order valence-electron chi connectivity index (χ0n) is 44.5. The molecule has 1 aliphatic carbocycles. The number of allylic oxidation sites excluding steroid dienone is 8. The summed E-state index contributed by atoms with van der Waals surface area (Å²) in [6.07, 6.45) is 24.2. The number of likely N-dealkylation sites (tertiary alicyclic amines) is 2. The molecule has 2 fully saturated rings. The van der Waals surface area contributed by atoms with Crippen LogP contribution in [0.3, 0.4) is 0 Å². The second-order valence-corrected chi connectivity index (χ2v) is 21.7. The van der Waals surface area contributed by atoms with Gasteiger partial charge in [-0.25, -0.2) is 19.6 Å². The van der Waals surface area contributed by atoms with Crippen molar-refractivity contribution in [1.29, 1.82) is 0 Å². The molecule has 0 saturated carbocycles. The number of amides is 4. The summed E-state index contributed by atoms with van der Waals surface area (Å²) in [7, 11) is 2.62. The topological polar surface area (TPSA) is 175 Å². The summed E-state index contributed by atoms with van der Waals surface area (Å²) in [5.41, 5.74) is 11.4. The number of methoxy groups -OCH3 is 2. The Morgan fingerprint density at radius 3 is 1.72 bits per heavy atom. The lowest BCUT2D eigenvalue weighted by Crippen LogP contribution is -2.48. The number of benzene rings is 2. The first-order valence-corrected chi connectivity index (χ1v) is 29.0. The van der Waals surface area contributed by atoms with Gasteiger partial charge in [0.2, 0.25) is 11.8 Å². The standard InChI is InChI=1S/C58H76N8O6S2/c1-9-40-17-19-41(39(4)42-20-24-44(25-21-42)49-35-59-53(61-49)51-12-10-30-65(51)55(67)47(28-32-73-7)63-57(69)71-5)18-15-37(2)14-16-38(3)46(34-40)43-22-26-45(27-23-43)50-36-60-54(62-50)52-13-11-31-66(52)56(68)48(29-33-74-8)64-58(70)72-6/h9,15,18,20-27,34-38,47-48,51-52H,10-14,16-17,19,28-33H2,1-8H3,(H,59,61)(H,60,62)(H,63,69)(H,64,70)/b18-15-,40-9-,41-39-,46-34+/t37-,38-,47+,48+,51+,52+/m1/s1. The molecule has 4 amide bonds. The van der Waals surface area contributed by atoms with Crippen LogP contribution >= 0.6 is 23.5 Å². The van der Waals surface area contributed by atoms with Gasteiger partial charge in [-0.15, -0.1) is 0 Å². The summed E-state index contributed by atoms with van der Waals surface area (Å²) in [6.45, 7) is 10.3. The molecule has 2 saturated heterocycles. The third-order valence-electron chi connectivity index (χ3n) is 14.9. The lowest BCUT2D eigenvalue weighted by atomic mass is 9.84. The number of imidazole rings is 2. The maximum Gasteiger partial charge on any atom is 0.407 e. The van der Waals surface area contributed by atoms with Crippen molar-refractivity contribution in [3.8, 4) is 22.5 Å². The summed E-state index contributed by atoms with van der Waals surface area (Å²) in [4.78, 5) is 72.2. The average molecular weight is 1050 g/mol. The molecule has 14 nitrogen and oxygen atoms in total. The third-order valence-corrected chi connectivity index (χ3v) is 16.2. The molecule has 2 aromatic carbocycles. The first-order chi connectivity index (χ1) is 35.8. The highest BCUT2D eigenvalue weighted by atomic mass is 32.2. The van der Waals surface area contributed by atoms with Crippen molar-refractivity contribution in [3.63, 3.8) is 0 Å². The largest absolute Gasteiger partial charge is 0.453 e. The van der Waals surface area contributed by atoms with Gasteiger partial charge >= 0.3 is 12.2 Å². The van der Waals surface area contributed by atoms with Crippen LogP contribution in [-0.2, 0) is 19.1 Å². The summed E-state index contributed by atoms with van der Waals surface area (Å²) in [5.74, 6) is 3.52. The van der Waals surface area contributed by atoms with Gasteiger partial charge in [0.1, 0.15) is 23.7 Å². The number of nitrogens with one attached hydrogen (secondary N) is 4. The predicted molar refractivity (Wildman–Crippen MR) is 300 cm³/mol. The monoisotopic (exact) mass is 1040 g/mol. The lowest BCUT2D eigenvalue weighted by molar-refractivity contribution is -0.135. The van der Waals surface area contributed by atoms with E-state index in [-0.39, 0.29) is 23.9 Å². The van der Waals surface area contributed by atoms with Gasteiger partial charge in [0.25, 0.3) is 0 Å². The molecule has 6 atom stereocenters. The molecule has 7 rings (SSSR count). The number of ether oxygens (including phenoxy) is 2. The van der Waals surface area contributed by atoms with Crippen molar-refractivity contribution < 1.29 is 28.7 Å². The smallest absolute Gasteiger partial charge is 0.407 e. The summed E-state index contributed by atoms with van der Waals surface area (Å²) >= 11 is 3.27. The molecule has 0 unspecified atom stereocenters. The van der Waals surface area contributed by atoms with Gasteiger partial charge < -0.3 is 39.9 Å². The Bertz CT molecular complexity index is 2670. The Balaban J connectivity index is 1.04. The summed E-state index contributed by atoms with van der Waals surface area (Å²) in [5, 5.41) is 5.50. The zero-order chi connectivity index (χ0) is 52.7. The van der Waals surface area contributed by atoms with Crippen molar-refractivity contribution in [2.24, 2.45) is 11.8 Å². The van der Waals surface area contributed by atoms with Crippen LogP contribution in [0.2, 0.25) is 0 Å². The molecule has 4 aromatic rings. The maximum atomic E-state index is 13.8. The molecule has 4 heterocycles. The first-order valence-electron chi connectivity index (χ1n) is 26.2. The molecule has 4 N–H and O–H groups in total. The molecule has 0 spiro atoms. The van der Waals surface area contributed by atoms with Gasteiger partial charge in [-0.05, 0) is 153 Å². The molecule has 2 aliphatic heterocycles. The number of nitrogens with zero attached hydrogens (tertiary/aromatic N) is 4. The Hall–Kier alpha value is -6.00. The van der Waals surface area contributed by atoms with Crippen LogP contribution < -0.4 is 10.6 Å². The van der Waals surface area contributed by atoms with Crippen LogP contribution in [0.1, 0.15) is 127 Å². The minimum atomic E-state index is -0.656. The second kappa shape index (κ2) is 27.0. The van der Waals surface area contributed by atoms with Crippen LogP contribution in [0.4, 0.5) is 9.59 Å². The van der Waals surface area contributed by atoms with E-state index in [1.807, 2.05) is 34.7 Å². The van der Waals surface area contributed by atoms with Gasteiger partial charge in [0.15, 0.2) is 0 Å². The van der Waals surface area contributed by atoms with E-state index in [2.05, 4.69) is 121 Å². The maximum absolute atomic E-state index is 13.8. The van der Waals surface area contributed by atoms with Crippen LogP contribution in [0.5, 0.6) is 0 Å². The number of hydrogen-bond acceptors (Lipinski definition) is 10. The van der Waals surface area contributed by atoms with E-state index in [1.54, 1.807) is 23.5 Å².